The largest absolute Gasteiger partial charge is 0.508 e. The van der Waals surface area contributed by atoms with Gasteiger partial charge >= 0.3 is 0 Å². The average molecular weight is 407 g/mol. The van der Waals surface area contributed by atoms with Crippen LogP contribution < -0.4 is 0 Å². The van der Waals surface area contributed by atoms with Crippen LogP contribution in [0.25, 0.3) is 0 Å². The second kappa shape index (κ2) is 6.06. The van der Waals surface area contributed by atoms with Gasteiger partial charge in [-0.05, 0) is 141 Å². The molecule has 6 fully saturated rings. The van der Waals surface area contributed by atoms with Gasteiger partial charge in [-0.25, -0.2) is 0 Å². The van der Waals surface area contributed by atoms with E-state index in [4.69, 9.17) is 0 Å². The van der Waals surface area contributed by atoms with Gasteiger partial charge in [-0.3, -0.25) is 0 Å². The fourth-order valence-corrected chi connectivity index (χ4v) is 10.4. The van der Waals surface area contributed by atoms with E-state index < -0.39 is 0 Å². The minimum absolute atomic E-state index is 0.0905. The van der Waals surface area contributed by atoms with Gasteiger partial charge in [-0.2, -0.15) is 0 Å². The number of aliphatic hydroxyl groups is 1. The van der Waals surface area contributed by atoms with Crippen molar-refractivity contribution in [3.8, 4) is 5.75 Å². The van der Waals surface area contributed by atoms with E-state index in [-0.39, 0.29) is 16.9 Å². The number of hydrogen-bond donors (Lipinski definition) is 2. The van der Waals surface area contributed by atoms with Gasteiger partial charge in [0.2, 0.25) is 0 Å². The molecular formula is C28H38O2. The highest BCUT2D eigenvalue weighted by molar-refractivity contribution is 5.50. The zero-order chi connectivity index (χ0) is 20.3. The topological polar surface area (TPSA) is 40.5 Å². The Kier molecular flexibility index (Phi) is 3.74. The number of hydrogen-bond acceptors (Lipinski definition) is 2. The van der Waals surface area contributed by atoms with Crippen LogP contribution in [0.5, 0.6) is 5.75 Å². The molecule has 2 heteroatoms. The molecule has 8 rings (SSSR count). The summed E-state index contributed by atoms with van der Waals surface area (Å²) in [6, 6.07) is 4.72. The van der Waals surface area contributed by atoms with E-state index in [0.29, 0.717) is 17.6 Å². The highest BCUT2D eigenvalue weighted by atomic mass is 16.3. The molecule has 0 aliphatic heterocycles. The molecule has 162 valence electrons. The lowest BCUT2D eigenvalue weighted by Gasteiger charge is -2.57. The van der Waals surface area contributed by atoms with Gasteiger partial charge < -0.3 is 10.2 Å². The molecule has 6 saturated carbocycles. The second-order valence-corrected chi connectivity index (χ2v) is 12.8. The molecule has 7 aliphatic carbocycles. The normalized spacial score (nSPS) is 50.8. The van der Waals surface area contributed by atoms with Gasteiger partial charge in [-0.1, -0.05) is 13.0 Å². The van der Waals surface area contributed by atoms with Gasteiger partial charge in [0, 0.05) is 5.56 Å². The van der Waals surface area contributed by atoms with Crippen LogP contribution in [0.4, 0.5) is 0 Å². The molecule has 0 radical (unpaired) electrons. The highest BCUT2D eigenvalue weighted by Crippen LogP contribution is 2.64. The SMILES string of the molecule is C[C@]12CCC3c4cc(C56CC7CC(CC(C7)C5)C6)c(O)cc4CCC3C1CC[C@H]2O. The van der Waals surface area contributed by atoms with Gasteiger partial charge in [0.15, 0.2) is 0 Å². The van der Waals surface area contributed by atoms with E-state index in [1.165, 1.54) is 75.3 Å². The Labute approximate surface area is 181 Å². The molecule has 0 saturated heterocycles. The predicted octanol–water partition coefficient (Wildman–Crippen LogP) is 6.08. The maximum absolute atomic E-state index is 11.2. The van der Waals surface area contributed by atoms with Crippen molar-refractivity contribution in [2.75, 3.05) is 0 Å². The minimum atomic E-state index is -0.0905. The molecule has 0 heterocycles. The first kappa shape index (κ1) is 18.5. The van der Waals surface area contributed by atoms with Gasteiger partial charge in [0.1, 0.15) is 5.75 Å². The van der Waals surface area contributed by atoms with Crippen molar-refractivity contribution < 1.29 is 10.2 Å². The van der Waals surface area contributed by atoms with Crippen LogP contribution in [0.2, 0.25) is 0 Å². The predicted molar refractivity (Wildman–Crippen MR) is 119 cm³/mol. The summed E-state index contributed by atoms with van der Waals surface area (Å²) in [5.74, 6) is 5.44. The van der Waals surface area contributed by atoms with Crippen LogP contribution in [0.15, 0.2) is 12.1 Å². The summed E-state index contributed by atoms with van der Waals surface area (Å²) in [6.07, 6.45) is 15.3. The number of phenols is 1. The van der Waals surface area contributed by atoms with E-state index in [9.17, 15) is 10.2 Å². The van der Waals surface area contributed by atoms with E-state index in [0.717, 1.165) is 36.5 Å². The molecular weight excluding hydrogens is 368 g/mol. The Morgan fingerprint density at radius 1 is 0.900 bits per heavy atom. The van der Waals surface area contributed by atoms with Crippen LogP contribution in [-0.2, 0) is 11.8 Å². The van der Waals surface area contributed by atoms with Crippen molar-refractivity contribution in [1.82, 2.24) is 0 Å². The fourth-order valence-electron chi connectivity index (χ4n) is 10.4. The summed E-state index contributed by atoms with van der Waals surface area (Å²) < 4.78 is 0. The number of aryl methyl sites for hydroxylation is 1. The first-order valence-corrected chi connectivity index (χ1v) is 13.0. The van der Waals surface area contributed by atoms with Crippen molar-refractivity contribution >= 4 is 0 Å². The van der Waals surface area contributed by atoms with E-state index in [1.54, 1.807) is 5.56 Å². The molecule has 0 aromatic heterocycles. The van der Waals surface area contributed by atoms with E-state index >= 15 is 0 Å². The third kappa shape index (κ3) is 2.35. The number of fused-ring (bicyclic) bond motifs is 5. The second-order valence-electron chi connectivity index (χ2n) is 12.8. The highest BCUT2D eigenvalue weighted by Gasteiger charge is 2.56. The standard InChI is InChI=1S/C28H38O2/c1-27-7-6-20-21(23(27)4-5-26(27)30)3-2-19-11-25(29)24(12-22(19)20)28-13-16-8-17(14-28)10-18(9-16)15-28/h11-12,16-18,20-21,23,26,29-30H,2-10,13-15H2,1H3/t16?,17?,18?,20?,21?,23?,26-,27+,28?/m1/s1. The molecule has 3 unspecified atom stereocenters. The zero-order valence-electron chi connectivity index (χ0n) is 18.6. The van der Waals surface area contributed by atoms with Crippen LogP contribution in [0, 0.1) is 35.0 Å². The lowest BCUT2D eigenvalue weighted by atomic mass is 9.47. The molecule has 30 heavy (non-hydrogen) atoms. The first-order chi connectivity index (χ1) is 14.5. The third-order valence-corrected chi connectivity index (χ3v) is 11.4. The Bertz CT molecular complexity index is 852. The van der Waals surface area contributed by atoms with E-state index in [2.05, 4.69) is 19.1 Å². The number of aromatic hydroxyl groups is 1. The molecule has 1 aromatic carbocycles. The summed E-state index contributed by atoms with van der Waals surface area (Å²) in [6.45, 7) is 2.37. The molecule has 1 aromatic rings. The molecule has 0 amide bonds. The molecule has 0 spiro atoms. The van der Waals surface area contributed by atoms with Gasteiger partial charge in [0.05, 0.1) is 6.10 Å². The van der Waals surface area contributed by atoms with Crippen LogP contribution in [-0.4, -0.2) is 16.3 Å². The monoisotopic (exact) mass is 406 g/mol. The van der Waals surface area contributed by atoms with Crippen molar-refractivity contribution in [1.29, 1.82) is 0 Å². The lowest BCUT2D eigenvalue weighted by Crippen LogP contribution is -2.48. The van der Waals surface area contributed by atoms with Gasteiger partial charge in [-0.15, -0.1) is 0 Å². The van der Waals surface area contributed by atoms with Gasteiger partial charge in [0.25, 0.3) is 0 Å². The Balaban J connectivity index is 1.29. The maximum Gasteiger partial charge on any atom is 0.119 e. The van der Waals surface area contributed by atoms with Crippen LogP contribution in [0.1, 0.15) is 100 Å². The Morgan fingerprint density at radius 3 is 2.30 bits per heavy atom. The summed E-state index contributed by atoms with van der Waals surface area (Å²) in [5, 5.41) is 21.9. The van der Waals surface area contributed by atoms with Crippen molar-refractivity contribution in [3.63, 3.8) is 0 Å². The molecule has 7 aliphatic rings. The smallest absolute Gasteiger partial charge is 0.119 e. The fraction of sp³-hybridized carbons (Fsp3) is 0.786. The minimum Gasteiger partial charge on any atom is -0.508 e. The maximum atomic E-state index is 11.2. The van der Waals surface area contributed by atoms with Crippen LogP contribution >= 0.6 is 0 Å². The van der Waals surface area contributed by atoms with Crippen molar-refractivity contribution in [2.45, 2.75) is 101 Å². The number of benzene rings is 1. The summed E-state index contributed by atoms with van der Waals surface area (Å²) in [4.78, 5) is 0. The molecule has 2 N–H and O–H groups in total. The molecule has 5 atom stereocenters. The Hall–Kier alpha value is -1.02. The van der Waals surface area contributed by atoms with Crippen LogP contribution in [0.3, 0.4) is 0 Å². The average Bonchev–Trinajstić information content (AvgIpc) is 3.01. The van der Waals surface area contributed by atoms with Crippen molar-refractivity contribution in [3.05, 3.63) is 28.8 Å². The zero-order valence-corrected chi connectivity index (χ0v) is 18.6. The number of aliphatic hydroxyl groups excluding tert-OH is 1. The quantitative estimate of drug-likeness (QED) is 0.593. The van der Waals surface area contributed by atoms with E-state index in [1.807, 2.05) is 0 Å². The summed E-state index contributed by atoms with van der Waals surface area (Å²) in [7, 11) is 0. The molecule has 4 bridgehead atoms. The molecule has 2 nitrogen and oxygen atoms in total. The Morgan fingerprint density at radius 2 is 1.60 bits per heavy atom. The number of phenolic OH excluding ortho intramolecular Hbond substituents is 1. The van der Waals surface area contributed by atoms with Crippen molar-refractivity contribution in [2.24, 2.45) is 35.0 Å². The summed E-state index contributed by atoms with van der Waals surface area (Å²) in [5.41, 5.74) is 4.79. The first-order valence-electron chi connectivity index (χ1n) is 13.0. The summed E-state index contributed by atoms with van der Waals surface area (Å²) >= 11 is 0. The third-order valence-electron chi connectivity index (χ3n) is 11.4. The number of rotatable bonds is 1. The lowest BCUT2D eigenvalue weighted by molar-refractivity contribution is -0.0228.